The van der Waals surface area contributed by atoms with Crippen molar-refractivity contribution >= 4 is 18.3 Å². The van der Waals surface area contributed by atoms with E-state index in [9.17, 15) is 18.0 Å². The van der Waals surface area contributed by atoms with Gasteiger partial charge in [-0.25, -0.2) is 0 Å². The molecule has 0 aliphatic carbocycles. The number of rotatable bonds is 6. The quantitative estimate of drug-likeness (QED) is 0.817. The monoisotopic (exact) mass is 382 g/mol. The molecule has 144 valence electrons. The molecule has 0 fully saturated rings. The molecule has 4 nitrogen and oxygen atoms in total. The first kappa shape index (κ1) is 23.5. The molecule has 25 heavy (non-hydrogen) atoms. The van der Waals surface area contributed by atoms with Gasteiger partial charge in [0.25, 0.3) is 0 Å². The maximum atomic E-state index is 12.3. The summed E-state index contributed by atoms with van der Waals surface area (Å²) < 4.78 is 41.8. The normalized spacial score (nSPS) is 13.6. The van der Waals surface area contributed by atoms with Crippen molar-refractivity contribution in [2.24, 2.45) is 11.7 Å². The molecule has 0 radical (unpaired) electrons. The van der Waals surface area contributed by atoms with Crippen molar-refractivity contribution < 1.29 is 22.7 Å². The summed E-state index contributed by atoms with van der Waals surface area (Å²) in [5.41, 5.74) is 7.79. The lowest BCUT2D eigenvalue weighted by Gasteiger charge is -2.24. The maximum Gasteiger partial charge on any atom is 0.422 e. The number of carbonyl (C=O) groups is 1. The van der Waals surface area contributed by atoms with Gasteiger partial charge in [0.2, 0.25) is 5.91 Å². The number of hydrogen-bond acceptors (Lipinski definition) is 3. The number of ether oxygens (including phenoxy) is 1. The van der Waals surface area contributed by atoms with Gasteiger partial charge in [-0.2, -0.15) is 13.2 Å². The average molecular weight is 383 g/mol. The minimum Gasteiger partial charge on any atom is -0.484 e. The third-order valence-corrected chi connectivity index (χ3v) is 3.87. The van der Waals surface area contributed by atoms with E-state index >= 15 is 0 Å². The molecule has 0 saturated heterocycles. The zero-order valence-corrected chi connectivity index (χ0v) is 15.9. The Morgan fingerprint density at radius 1 is 1.24 bits per heavy atom. The lowest BCUT2D eigenvalue weighted by molar-refractivity contribution is -0.153. The van der Waals surface area contributed by atoms with E-state index in [0.29, 0.717) is 17.7 Å². The highest BCUT2D eigenvalue weighted by Gasteiger charge is 2.29. The van der Waals surface area contributed by atoms with Gasteiger partial charge in [-0.15, -0.1) is 12.4 Å². The van der Waals surface area contributed by atoms with Gasteiger partial charge in [-0.3, -0.25) is 4.79 Å². The van der Waals surface area contributed by atoms with Crippen molar-refractivity contribution in [3.05, 3.63) is 28.8 Å². The average Bonchev–Trinajstić information content (AvgIpc) is 2.43. The van der Waals surface area contributed by atoms with Crippen molar-refractivity contribution in [1.29, 1.82) is 0 Å². The predicted molar refractivity (Wildman–Crippen MR) is 94.0 cm³/mol. The first-order valence-corrected chi connectivity index (χ1v) is 7.72. The zero-order chi connectivity index (χ0) is 18.7. The summed E-state index contributed by atoms with van der Waals surface area (Å²) in [5.74, 6) is -0.140. The Hall–Kier alpha value is -1.47. The summed E-state index contributed by atoms with van der Waals surface area (Å²) in [6.07, 6.45) is -4.38. The molecule has 0 heterocycles. The van der Waals surface area contributed by atoms with Crippen LogP contribution in [0.1, 0.15) is 30.5 Å². The van der Waals surface area contributed by atoms with E-state index < -0.39 is 12.8 Å². The standard InChI is InChI=1S/C17H25F3N2O2.ClH/c1-10-6-14(8-22(5)16(23)12(3)13(4)21)7-11(2)15(10)24-9-17(18,19)20;/h6-7,12-13H,8-9,21H2,1-5H3;1H. The highest BCUT2D eigenvalue weighted by Crippen LogP contribution is 2.27. The molecule has 0 bridgehead atoms. The molecular weight excluding hydrogens is 357 g/mol. The first-order valence-electron chi connectivity index (χ1n) is 7.72. The number of hydrogen-bond donors (Lipinski definition) is 1. The molecule has 1 aromatic rings. The molecule has 0 saturated carbocycles. The molecule has 1 amide bonds. The fourth-order valence-corrected chi connectivity index (χ4v) is 2.44. The zero-order valence-electron chi connectivity index (χ0n) is 15.1. The highest BCUT2D eigenvalue weighted by atomic mass is 35.5. The van der Waals surface area contributed by atoms with Crippen molar-refractivity contribution in [2.75, 3.05) is 13.7 Å². The smallest absolute Gasteiger partial charge is 0.422 e. The van der Waals surface area contributed by atoms with Crippen molar-refractivity contribution in [1.82, 2.24) is 4.90 Å². The van der Waals surface area contributed by atoms with Crippen LogP contribution in [0.3, 0.4) is 0 Å². The molecular formula is C17H26ClF3N2O2. The van der Waals surface area contributed by atoms with Gasteiger partial charge in [0.05, 0.1) is 5.92 Å². The number of nitrogens with two attached hydrogens (primary N) is 1. The molecule has 0 aliphatic rings. The Labute approximate surface area is 152 Å². The second kappa shape index (κ2) is 9.29. The van der Waals surface area contributed by atoms with Crippen LogP contribution in [0.25, 0.3) is 0 Å². The van der Waals surface area contributed by atoms with Crippen LogP contribution in [-0.4, -0.2) is 36.7 Å². The van der Waals surface area contributed by atoms with E-state index in [1.54, 1.807) is 51.8 Å². The van der Waals surface area contributed by atoms with E-state index in [2.05, 4.69) is 0 Å². The molecule has 1 rings (SSSR count). The largest absolute Gasteiger partial charge is 0.484 e. The maximum absolute atomic E-state index is 12.3. The van der Waals surface area contributed by atoms with Crippen molar-refractivity contribution in [2.45, 2.75) is 46.5 Å². The van der Waals surface area contributed by atoms with E-state index in [0.717, 1.165) is 5.56 Å². The van der Waals surface area contributed by atoms with Crippen LogP contribution >= 0.6 is 12.4 Å². The summed E-state index contributed by atoms with van der Waals surface area (Å²) in [7, 11) is 1.68. The number of carbonyl (C=O) groups excluding carboxylic acids is 1. The fraction of sp³-hybridized carbons (Fsp3) is 0.588. The third kappa shape index (κ3) is 7.12. The Bertz CT molecular complexity index is 569. The molecule has 0 spiro atoms. The summed E-state index contributed by atoms with van der Waals surface area (Å²) in [6, 6.07) is 3.22. The topological polar surface area (TPSA) is 55.6 Å². The molecule has 2 N–H and O–H groups in total. The van der Waals surface area contributed by atoms with Gasteiger partial charge >= 0.3 is 6.18 Å². The molecule has 2 atom stereocenters. The van der Waals surface area contributed by atoms with Crippen molar-refractivity contribution in [3.8, 4) is 5.75 Å². The Balaban J connectivity index is 0.00000576. The van der Waals surface area contributed by atoms with Gasteiger partial charge in [0, 0.05) is 19.6 Å². The van der Waals surface area contributed by atoms with Gasteiger partial charge < -0.3 is 15.4 Å². The minimum absolute atomic E-state index is 0. The van der Waals surface area contributed by atoms with E-state index in [1.807, 2.05) is 0 Å². The number of benzene rings is 1. The molecule has 8 heteroatoms. The first-order chi connectivity index (χ1) is 10.9. The summed E-state index contributed by atoms with van der Waals surface area (Å²) in [4.78, 5) is 13.8. The predicted octanol–water partition coefficient (Wildman–Crippen LogP) is 3.61. The van der Waals surface area contributed by atoms with Gasteiger partial charge in [0.1, 0.15) is 5.75 Å². The second-order valence-corrected chi connectivity index (χ2v) is 6.30. The molecule has 2 unspecified atom stereocenters. The summed E-state index contributed by atoms with van der Waals surface area (Å²) in [6.45, 7) is 5.96. The van der Waals surface area contributed by atoms with Gasteiger partial charge in [-0.05, 0) is 37.5 Å². The Morgan fingerprint density at radius 3 is 2.12 bits per heavy atom. The van der Waals surface area contributed by atoms with Crippen LogP contribution in [0.5, 0.6) is 5.75 Å². The van der Waals surface area contributed by atoms with Crippen LogP contribution in [0, 0.1) is 19.8 Å². The summed E-state index contributed by atoms with van der Waals surface area (Å²) >= 11 is 0. The molecule has 0 aromatic heterocycles. The van der Waals surface area contributed by atoms with Crippen LogP contribution in [0.4, 0.5) is 13.2 Å². The lowest BCUT2D eigenvalue weighted by atomic mass is 10.0. The number of alkyl halides is 3. The molecule has 1 aromatic carbocycles. The van der Waals surface area contributed by atoms with E-state index in [-0.39, 0.29) is 36.0 Å². The highest BCUT2D eigenvalue weighted by molar-refractivity contribution is 5.85. The van der Waals surface area contributed by atoms with E-state index in [4.69, 9.17) is 10.5 Å². The third-order valence-electron chi connectivity index (χ3n) is 3.87. The Morgan fingerprint density at radius 2 is 1.72 bits per heavy atom. The SMILES string of the molecule is Cc1cc(CN(C)C(=O)C(C)C(C)N)cc(C)c1OCC(F)(F)F.Cl. The number of halogens is 4. The van der Waals surface area contributed by atoms with Crippen LogP contribution in [-0.2, 0) is 11.3 Å². The minimum atomic E-state index is -4.38. The van der Waals surface area contributed by atoms with Gasteiger partial charge in [-0.1, -0.05) is 19.1 Å². The number of amides is 1. The van der Waals surface area contributed by atoms with Crippen LogP contribution in [0.2, 0.25) is 0 Å². The summed E-state index contributed by atoms with van der Waals surface area (Å²) in [5, 5.41) is 0. The van der Waals surface area contributed by atoms with E-state index in [1.165, 1.54) is 0 Å². The lowest BCUT2D eigenvalue weighted by Crippen LogP contribution is -2.39. The number of nitrogens with zero attached hydrogens (tertiary/aromatic N) is 1. The fourth-order valence-electron chi connectivity index (χ4n) is 2.44. The Kier molecular flexibility index (Phi) is 8.74. The van der Waals surface area contributed by atoms with Crippen LogP contribution < -0.4 is 10.5 Å². The van der Waals surface area contributed by atoms with Crippen LogP contribution in [0.15, 0.2) is 12.1 Å². The number of aryl methyl sites for hydroxylation is 2. The second-order valence-electron chi connectivity index (χ2n) is 6.30. The molecule has 0 aliphatic heterocycles. The van der Waals surface area contributed by atoms with Crippen molar-refractivity contribution in [3.63, 3.8) is 0 Å². The van der Waals surface area contributed by atoms with Gasteiger partial charge in [0.15, 0.2) is 6.61 Å².